The molecule has 0 heteroatoms. The first kappa shape index (κ1) is 11.0. The van der Waals surface area contributed by atoms with Crippen LogP contribution < -0.4 is 0 Å². The molecule has 0 amide bonds. The first-order valence-corrected chi connectivity index (χ1v) is 5.32. The monoisotopic (exact) mass is 188 g/mol. The second-order valence-electron chi connectivity index (χ2n) is 4.56. The van der Waals surface area contributed by atoms with Gasteiger partial charge in [0, 0.05) is 0 Å². The average molecular weight is 188 g/mol. The Morgan fingerprint density at radius 2 is 2.00 bits per heavy atom. The van der Waals surface area contributed by atoms with Crippen LogP contribution in [-0.2, 0) is 6.42 Å². The van der Waals surface area contributed by atoms with Crippen molar-refractivity contribution in [2.75, 3.05) is 0 Å². The molecule has 1 aromatic rings. The summed E-state index contributed by atoms with van der Waals surface area (Å²) < 4.78 is 0. The molecule has 0 saturated heterocycles. The minimum Gasteiger partial charge on any atom is -0.0758 e. The molecule has 0 bridgehead atoms. The Labute approximate surface area is 87.7 Å². The lowest BCUT2D eigenvalue weighted by molar-refractivity contribution is 0.647. The molecule has 0 aliphatic carbocycles. The highest BCUT2D eigenvalue weighted by molar-refractivity contribution is 5.52. The van der Waals surface area contributed by atoms with E-state index in [1.165, 1.54) is 23.1 Å². The Hall–Kier alpha value is -1.04. The van der Waals surface area contributed by atoms with Gasteiger partial charge in [0.25, 0.3) is 0 Å². The first-order valence-electron chi connectivity index (χ1n) is 5.32. The Balaban J connectivity index is 2.84. The second kappa shape index (κ2) is 4.99. The lowest BCUT2D eigenvalue weighted by atomic mass is 10.0. The zero-order chi connectivity index (χ0) is 10.6. The van der Waals surface area contributed by atoms with Crippen molar-refractivity contribution in [3.8, 4) is 0 Å². The summed E-state index contributed by atoms with van der Waals surface area (Å²) in [6.07, 6.45) is 3.40. The van der Waals surface area contributed by atoms with Gasteiger partial charge < -0.3 is 0 Å². The predicted molar refractivity (Wildman–Crippen MR) is 64.3 cm³/mol. The molecule has 0 N–H and O–H groups in total. The quantitative estimate of drug-likeness (QED) is 0.663. The van der Waals surface area contributed by atoms with Gasteiger partial charge in [0.15, 0.2) is 0 Å². The molecule has 0 saturated carbocycles. The first-order chi connectivity index (χ1) is 6.58. The summed E-state index contributed by atoms with van der Waals surface area (Å²) in [5.74, 6) is 0.733. The normalized spacial score (nSPS) is 10.4. The zero-order valence-electron chi connectivity index (χ0n) is 9.67. The fraction of sp³-hybridized carbons (Fsp3) is 0.429. The van der Waals surface area contributed by atoms with Crippen molar-refractivity contribution in [3.05, 3.63) is 41.0 Å². The van der Waals surface area contributed by atoms with Crippen LogP contribution in [0.1, 0.15) is 38.8 Å². The molecule has 0 spiro atoms. The highest BCUT2D eigenvalue weighted by Gasteiger charge is 1.97. The van der Waals surface area contributed by atoms with E-state index in [2.05, 4.69) is 58.0 Å². The van der Waals surface area contributed by atoms with E-state index in [0.717, 1.165) is 5.92 Å². The van der Waals surface area contributed by atoms with Crippen molar-refractivity contribution in [3.63, 3.8) is 0 Å². The van der Waals surface area contributed by atoms with Crippen molar-refractivity contribution in [2.45, 2.75) is 34.1 Å². The Morgan fingerprint density at radius 1 is 1.29 bits per heavy atom. The molecule has 0 nitrogen and oxygen atoms in total. The predicted octanol–water partition coefficient (Wildman–Crippen LogP) is 4.31. The minimum absolute atomic E-state index is 0.733. The molecular weight excluding hydrogens is 168 g/mol. The van der Waals surface area contributed by atoms with Crippen LogP contribution in [0.15, 0.2) is 29.8 Å². The second-order valence-corrected chi connectivity index (χ2v) is 4.56. The van der Waals surface area contributed by atoms with Crippen LogP contribution in [0, 0.1) is 5.92 Å². The van der Waals surface area contributed by atoms with E-state index < -0.39 is 0 Å². The summed E-state index contributed by atoms with van der Waals surface area (Å²) in [5.41, 5.74) is 4.12. The van der Waals surface area contributed by atoms with Gasteiger partial charge in [-0.25, -0.2) is 0 Å². The molecule has 0 radical (unpaired) electrons. The number of rotatable bonds is 3. The van der Waals surface area contributed by atoms with E-state index in [0.29, 0.717) is 0 Å². The lowest BCUT2D eigenvalue weighted by Crippen LogP contribution is -1.93. The van der Waals surface area contributed by atoms with Crippen molar-refractivity contribution in [2.24, 2.45) is 5.92 Å². The third-order valence-corrected chi connectivity index (χ3v) is 2.05. The summed E-state index contributed by atoms with van der Waals surface area (Å²) in [4.78, 5) is 0. The molecule has 0 atom stereocenters. The highest BCUT2D eigenvalue weighted by atomic mass is 14.0. The van der Waals surface area contributed by atoms with Crippen LogP contribution in [0.4, 0.5) is 0 Å². The summed E-state index contributed by atoms with van der Waals surface area (Å²) >= 11 is 0. The fourth-order valence-corrected chi connectivity index (χ4v) is 1.61. The smallest absolute Gasteiger partial charge is 0.0255 e. The van der Waals surface area contributed by atoms with Crippen molar-refractivity contribution in [1.29, 1.82) is 0 Å². The van der Waals surface area contributed by atoms with Gasteiger partial charge in [0.1, 0.15) is 0 Å². The Bertz CT molecular complexity index is 315. The van der Waals surface area contributed by atoms with Crippen LogP contribution in [0.2, 0.25) is 0 Å². The number of benzene rings is 1. The molecule has 0 heterocycles. The minimum atomic E-state index is 0.733. The van der Waals surface area contributed by atoms with E-state index in [1.54, 1.807) is 0 Å². The van der Waals surface area contributed by atoms with Gasteiger partial charge >= 0.3 is 0 Å². The van der Waals surface area contributed by atoms with Crippen LogP contribution in [0.5, 0.6) is 0 Å². The van der Waals surface area contributed by atoms with Crippen molar-refractivity contribution < 1.29 is 0 Å². The van der Waals surface area contributed by atoms with Crippen LogP contribution in [0.3, 0.4) is 0 Å². The molecule has 1 aromatic carbocycles. The standard InChI is InChI=1S/C14H20/c1-11(2)8-13-6-5-7-14(10-13)9-12(3)4/h5-8,10,12H,9H2,1-4H3. The third-order valence-electron chi connectivity index (χ3n) is 2.05. The van der Waals surface area contributed by atoms with Crippen molar-refractivity contribution >= 4 is 6.08 Å². The summed E-state index contributed by atoms with van der Waals surface area (Å²) in [7, 11) is 0. The molecular formula is C14H20. The zero-order valence-corrected chi connectivity index (χ0v) is 9.67. The van der Waals surface area contributed by atoms with Crippen LogP contribution in [0.25, 0.3) is 6.08 Å². The van der Waals surface area contributed by atoms with Gasteiger partial charge in [0.05, 0.1) is 0 Å². The largest absolute Gasteiger partial charge is 0.0758 e. The summed E-state index contributed by atoms with van der Waals surface area (Å²) in [6, 6.07) is 8.80. The number of hydrogen-bond acceptors (Lipinski definition) is 0. The molecule has 14 heavy (non-hydrogen) atoms. The van der Waals surface area contributed by atoms with E-state index in [1.807, 2.05) is 0 Å². The van der Waals surface area contributed by atoms with Gasteiger partial charge in [0.2, 0.25) is 0 Å². The Morgan fingerprint density at radius 3 is 2.57 bits per heavy atom. The molecule has 0 aliphatic heterocycles. The van der Waals surface area contributed by atoms with Gasteiger partial charge in [-0.2, -0.15) is 0 Å². The number of allylic oxidation sites excluding steroid dienone is 1. The van der Waals surface area contributed by atoms with E-state index >= 15 is 0 Å². The number of hydrogen-bond donors (Lipinski definition) is 0. The fourth-order valence-electron chi connectivity index (χ4n) is 1.61. The van der Waals surface area contributed by atoms with Gasteiger partial charge in [-0.3, -0.25) is 0 Å². The molecule has 0 unspecified atom stereocenters. The van der Waals surface area contributed by atoms with E-state index in [4.69, 9.17) is 0 Å². The maximum atomic E-state index is 2.28. The Kier molecular flexibility index (Phi) is 3.94. The molecule has 1 rings (SSSR count). The molecule has 0 fully saturated rings. The summed E-state index contributed by atoms with van der Waals surface area (Å²) in [6.45, 7) is 8.78. The van der Waals surface area contributed by atoms with Gasteiger partial charge in [-0.15, -0.1) is 0 Å². The van der Waals surface area contributed by atoms with Gasteiger partial charge in [-0.1, -0.05) is 49.8 Å². The van der Waals surface area contributed by atoms with Gasteiger partial charge in [-0.05, 0) is 37.3 Å². The van der Waals surface area contributed by atoms with E-state index in [9.17, 15) is 0 Å². The topological polar surface area (TPSA) is 0 Å². The molecule has 0 aliphatic rings. The third kappa shape index (κ3) is 3.78. The van der Waals surface area contributed by atoms with Crippen LogP contribution in [-0.4, -0.2) is 0 Å². The van der Waals surface area contributed by atoms with Crippen molar-refractivity contribution in [1.82, 2.24) is 0 Å². The maximum absolute atomic E-state index is 2.28. The SMILES string of the molecule is CC(C)=Cc1cccc(CC(C)C)c1. The molecule has 76 valence electrons. The highest BCUT2D eigenvalue weighted by Crippen LogP contribution is 2.12. The summed E-state index contributed by atoms with van der Waals surface area (Å²) in [5, 5.41) is 0. The molecule has 0 aromatic heterocycles. The van der Waals surface area contributed by atoms with E-state index in [-0.39, 0.29) is 0 Å². The maximum Gasteiger partial charge on any atom is -0.0255 e. The lowest BCUT2D eigenvalue weighted by Gasteiger charge is -2.05. The average Bonchev–Trinajstić information content (AvgIpc) is 2.01. The van der Waals surface area contributed by atoms with Crippen LogP contribution >= 0.6 is 0 Å².